The van der Waals surface area contributed by atoms with E-state index in [0.29, 0.717) is 9.79 Å². The molecule has 0 spiro atoms. The van der Waals surface area contributed by atoms with Crippen molar-refractivity contribution >= 4 is 10.8 Å². The van der Waals surface area contributed by atoms with E-state index >= 15 is 0 Å². The van der Waals surface area contributed by atoms with Gasteiger partial charge in [0.25, 0.3) is 0 Å². The van der Waals surface area contributed by atoms with E-state index in [1.165, 1.54) is 49.2 Å². The van der Waals surface area contributed by atoms with E-state index in [4.69, 9.17) is 0 Å². The summed E-state index contributed by atoms with van der Waals surface area (Å²) in [6.07, 6.45) is 10.9. The van der Waals surface area contributed by atoms with Crippen molar-refractivity contribution < 1.29 is 21.8 Å². The monoisotopic (exact) mass is 770 g/mol. The molecule has 56 heavy (non-hydrogen) atoms. The van der Waals surface area contributed by atoms with Crippen molar-refractivity contribution in [1.29, 1.82) is 0 Å². The van der Waals surface area contributed by atoms with Crippen LogP contribution in [0.15, 0.2) is 143 Å². The summed E-state index contributed by atoms with van der Waals surface area (Å²) in [7, 11) is -1.49. The summed E-state index contributed by atoms with van der Waals surface area (Å²) in [4.78, 5) is 1.28. The molecule has 2 atom stereocenters. The maximum atomic E-state index is 14.8. The van der Waals surface area contributed by atoms with Crippen molar-refractivity contribution in [1.82, 2.24) is 0 Å². The van der Waals surface area contributed by atoms with Crippen LogP contribution in [0.1, 0.15) is 132 Å². The van der Waals surface area contributed by atoms with E-state index in [-0.39, 0.29) is 46.9 Å². The molecule has 0 bridgehead atoms. The normalized spacial score (nSPS) is 17.0. The standard InChI is InChI=1S/C50H46F4OS/c51-39-19-11-35(12-20-39)49(45-29-23-41(53)31-47(45)33-7-3-1-4-8-33)37-15-25-43(26-16-37)56(55)44-27-17-38(18-28-44)50(36-13-21-40(52)22-14-36)46-30-24-42(54)32-48(46)34-9-5-2-6-10-34/h11-34,49-50H,1-10H2. The summed E-state index contributed by atoms with van der Waals surface area (Å²) in [5.41, 5.74) is 7.76. The van der Waals surface area contributed by atoms with Gasteiger partial charge in [0.05, 0.1) is 10.8 Å². The summed E-state index contributed by atoms with van der Waals surface area (Å²) >= 11 is 0. The summed E-state index contributed by atoms with van der Waals surface area (Å²) < 4.78 is 71.9. The van der Waals surface area contributed by atoms with Gasteiger partial charge in [-0.05, 0) is 155 Å². The van der Waals surface area contributed by atoms with Gasteiger partial charge in [-0.15, -0.1) is 0 Å². The van der Waals surface area contributed by atoms with Crippen molar-refractivity contribution in [3.63, 3.8) is 0 Å². The van der Waals surface area contributed by atoms with Gasteiger partial charge in [0.1, 0.15) is 23.3 Å². The molecule has 2 aliphatic carbocycles. The third-order valence-corrected chi connectivity index (χ3v) is 13.5. The lowest BCUT2D eigenvalue weighted by atomic mass is 9.76. The molecule has 0 aromatic heterocycles. The molecule has 6 aromatic rings. The summed E-state index contributed by atoms with van der Waals surface area (Å²) in [5.74, 6) is -1.14. The van der Waals surface area contributed by atoms with Crippen molar-refractivity contribution in [3.8, 4) is 0 Å². The van der Waals surface area contributed by atoms with Gasteiger partial charge >= 0.3 is 0 Å². The van der Waals surface area contributed by atoms with Crippen LogP contribution in [0.4, 0.5) is 17.6 Å². The molecule has 0 saturated heterocycles. The van der Waals surface area contributed by atoms with Crippen LogP contribution in [0.5, 0.6) is 0 Å². The van der Waals surface area contributed by atoms with Crippen LogP contribution in [0, 0.1) is 23.3 Å². The maximum absolute atomic E-state index is 14.8. The Hall–Kier alpha value is -4.81. The smallest absolute Gasteiger partial charge is 0.123 e. The highest BCUT2D eigenvalue weighted by atomic mass is 32.2. The molecule has 2 unspecified atom stereocenters. The Bertz CT molecular complexity index is 2110. The fourth-order valence-corrected chi connectivity index (χ4v) is 10.3. The van der Waals surface area contributed by atoms with E-state index in [1.54, 1.807) is 36.4 Å². The Morgan fingerprint density at radius 1 is 0.393 bits per heavy atom. The van der Waals surface area contributed by atoms with Gasteiger partial charge in [-0.1, -0.05) is 99.2 Å². The number of halogens is 4. The third-order valence-electron chi connectivity index (χ3n) is 12.1. The first-order chi connectivity index (χ1) is 27.3. The average molecular weight is 771 g/mol. The van der Waals surface area contributed by atoms with Crippen LogP contribution in [0.25, 0.3) is 0 Å². The van der Waals surface area contributed by atoms with Crippen LogP contribution in [0.3, 0.4) is 0 Å². The minimum Gasteiger partial charge on any atom is -0.249 e. The molecule has 286 valence electrons. The Morgan fingerprint density at radius 3 is 1.04 bits per heavy atom. The van der Waals surface area contributed by atoms with E-state index < -0.39 is 10.8 Å². The van der Waals surface area contributed by atoms with E-state index in [2.05, 4.69) is 0 Å². The molecule has 0 N–H and O–H groups in total. The van der Waals surface area contributed by atoms with Crippen molar-refractivity contribution in [2.45, 2.75) is 97.7 Å². The molecule has 0 aliphatic heterocycles. The predicted octanol–water partition coefficient (Wildman–Crippen LogP) is 13.9. The maximum Gasteiger partial charge on any atom is 0.123 e. The summed E-state index contributed by atoms with van der Waals surface area (Å²) in [6.45, 7) is 0. The SMILES string of the molecule is O=S(c1ccc(C(c2ccc(F)cc2)c2ccc(F)cc2C2CCCCC2)cc1)c1ccc(C(c2ccc(F)cc2)c2ccc(F)cc2C2CCCCC2)cc1. The van der Waals surface area contributed by atoms with Gasteiger partial charge in [-0.3, -0.25) is 0 Å². The first-order valence-electron chi connectivity index (χ1n) is 20.0. The van der Waals surface area contributed by atoms with Crippen molar-refractivity contribution in [2.24, 2.45) is 0 Å². The van der Waals surface area contributed by atoms with Gasteiger partial charge < -0.3 is 0 Å². The quantitative estimate of drug-likeness (QED) is 0.100. The zero-order valence-electron chi connectivity index (χ0n) is 31.4. The molecule has 2 aliphatic rings. The molecule has 0 radical (unpaired) electrons. The minimum atomic E-state index is -1.49. The highest BCUT2D eigenvalue weighted by Crippen LogP contribution is 2.43. The Morgan fingerprint density at radius 2 is 0.696 bits per heavy atom. The zero-order chi connectivity index (χ0) is 38.6. The van der Waals surface area contributed by atoms with E-state index in [1.807, 2.05) is 60.7 Å². The van der Waals surface area contributed by atoms with Crippen LogP contribution in [-0.4, -0.2) is 4.21 Å². The third kappa shape index (κ3) is 8.32. The molecule has 0 amide bonds. The second kappa shape index (κ2) is 17.1. The summed E-state index contributed by atoms with van der Waals surface area (Å²) in [6, 6.07) is 38.7. The second-order valence-electron chi connectivity index (χ2n) is 15.6. The number of rotatable bonds is 10. The fraction of sp³-hybridized carbons (Fsp3) is 0.280. The minimum absolute atomic E-state index is 0.254. The first-order valence-corrected chi connectivity index (χ1v) is 21.2. The number of hydrogen-bond donors (Lipinski definition) is 0. The van der Waals surface area contributed by atoms with Crippen LogP contribution < -0.4 is 0 Å². The predicted molar refractivity (Wildman–Crippen MR) is 217 cm³/mol. The van der Waals surface area contributed by atoms with Crippen LogP contribution in [-0.2, 0) is 10.8 Å². The fourth-order valence-electron chi connectivity index (χ4n) is 9.27. The first kappa shape index (κ1) is 38.1. The number of hydrogen-bond acceptors (Lipinski definition) is 1. The van der Waals surface area contributed by atoms with Gasteiger partial charge in [-0.25, -0.2) is 21.8 Å². The Kier molecular flexibility index (Phi) is 11.7. The molecule has 2 saturated carbocycles. The molecule has 0 heterocycles. The van der Waals surface area contributed by atoms with E-state index in [9.17, 15) is 21.8 Å². The molecular weight excluding hydrogens is 725 g/mol. The average Bonchev–Trinajstić information content (AvgIpc) is 3.24. The highest BCUT2D eigenvalue weighted by Gasteiger charge is 2.28. The summed E-state index contributed by atoms with van der Waals surface area (Å²) in [5, 5.41) is 0. The number of benzene rings is 6. The molecule has 6 aromatic carbocycles. The van der Waals surface area contributed by atoms with Crippen LogP contribution in [0.2, 0.25) is 0 Å². The molecule has 8 rings (SSSR count). The van der Waals surface area contributed by atoms with Gasteiger partial charge in [-0.2, -0.15) is 0 Å². The van der Waals surface area contributed by atoms with Crippen molar-refractivity contribution in [2.75, 3.05) is 0 Å². The molecule has 1 nitrogen and oxygen atoms in total. The Labute approximate surface area is 330 Å². The Balaban J connectivity index is 1.11. The topological polar surface area (TPSA) is 17.1 Å². The molecule has 6 heteroatoms. The molecular formula is C50H46F4OS. The largest absolute Gasteiger partial charge is 0.249 e. The van der Waals surface area contributed by atoms with Gasteiger partial charge in [0.2, 0.25) is 0 Å². The van der Waals surface area contributed by atoms with E-state index in [0.717, 1.165) is 95.9 Å². The van der Waals surface area contributed by atoms with Crippen LogP contribution >= 0.6 is 0 Å². The second-order valence-corrected chi connectivity index (χ2v) is 17.1. The lowest BCUT2D eigenvalue weighted by molar-refractivity contribution is 0.439. The molecule has 2 fully saturated rings. The van der Waals surface area contributed by atoms with Crippen molar-refractivity contribution in [3.05, 3.63) is 201 Å². The zero-order valence-corrected chi connectivity index (χ0v) is 32.2. The van der Waals surface area contributed by atoms with Gasteiger partial charge in [0.15, 0.2) is 0 Å². The lowest BCUT2D eigenvalue weighted by Crippen LogP contribution is -2.13. The van der Waals surface area contributed by atoms with Gasteiger partial charge in [0, 0.05) is 21.6 Å². The lowest BCUT2D eigenvalue weighted by Gasteiger charge is -2.29. The highest BCUT2D eigenvalue weighted by molar-refractivity contribution is 7.85.